The lowest BCUT2D eigenvalue weighted by molar-refractivity contribution is -0.132. The number of halogens is 1. The van der Waals surface area contributed by atoms with Crippen molar-refractivity contribution >= 4 is 23.1 Å². The van der Waals surface area contributed by atoms with Gasteiger partial charge in [0.15, 0.2) is 0 Å². The number of hydrogen-bond donors (Lipinski definition) is 1. The molecular formula is C16H11ClO2. The molecule has 2 aromatic rings. The summed E-state index contributed by atoms with van der Waals surface area (Å²) in [6.45, 7) is 0. The summed E-state index contributed by atoms with van der Waals surface area (Å²) in [4.78, 5) is 11.3. The van der Waals surface area contributed by atoms with Gasteiger partial charge in [0.05, 0.1) is 5.57 Å². The minimum absolute atomic E-state index is 0.140. The Morgan fingerprint density at radius 3 is 2.42 bits per heavy atom. The molecule has 0 saturated carbocycles. The largest absolute Gasteiger partial charge is 0.478 e. The number of benzene rings is 2. The van der Waals surface area contributed by atoms with E-state index in [1.54, 1.807) is 6.07 Å². The molecule has 2 nitrogen and oxygen atoms in total. The summed E-state index contributed by atoms with van der Waals surface area (Å²) in [5, 5.41) is 9.92. The van der Waals surface area contributed by atoms with Crippen molar-refractivity contribution in [3.63, 3.8) is 0 Å². The van der Waals surface area contributed by atoms with E-state index in [2.05, 4.69) is 0 Å². The van der Waals surface area contributed by atoms with Crippen molar-refractivity contribution in [2.75, 3.05) is 0 Å². The molecule has 0 amide bonds. The van der Waals surface area contributed by atoms with E-state index in [0.29, 0.717) is 10.6 Å². The first-order valence-corrected chi connectivity index (χ1v) is 6.34. The highest BCUT2D eigenvalue weighted by molar-refractivity contribution is 6.30. The summed E-state index contributed by atoms with van der Waals surface area (Å²) in [6.07, 6.45) is 0. The van der Waals surface area contributed by atoms with E-state index in [9.17, 15) is 9.90 Å². The quantitative estimate of drug-likeness (QED) is 0.916. The third kappa shape index (κ3) is 2.15. The Labute approximate surface area is 116 Å². The molecule has 0 bridgehead atoms. The predicted octanol–water partition coefficient (Wildman–Crippen LogP) is 3.98. The lowest BCUT2D eigenvalue weighted by Gasteiger charge is -2.02. The van der Waals surface area contributed by atoms with Gasteiger partial charge in [0.1, 0.15) is 0 Å². The van der Waals surface area contributed by atoms with E-state index in [0.717, 1.165) is 16.7 Å². The van der Waals surface area contributed by atoms with Gasteiger partial charge in [-0.3, -0.25) is 0 Å². The Hall–Kier alpha value is -2.06. The van der Waals surface area contributed by atoms with Crippen LogP contribution >= 0.6 is 11.6 Å². The smallest absolute Gasteiger partial charge is 0.332 e. The molecule has 1 aliphatic rings. The minimum Gasteiger partial charge on any atom is -0.478 e. The predicted molar refractivity (Wildman–Crippen MR) is 75.2 cm³/mol. The zero-order valence-electron chi connectivity index (χ0n) is 10.0. The van der Waals surface area contributed by atoms with Gasteiger partial charge in [-0.1, -0.05) is 54.1 Å². The van der Waals surface area contributed by atoms with Crippen molar-refractivity contribution in [3.05, 3.63) is 76.3 Å². The number of aliphatic carboxylic acids is 1. The Balaban J connectivity index is 2.00. The molecule has 94 valence electrons. The number of hydrogen-bond acceptors (Lipinski definition) is 1. The molecule has 0 aliphatic heterocycles. The second kappa shape index (κ2) is 4.56. The van der Waals surface area contributed by atoms with Gasteiger partial charge in [-0.05, 0) is 28.8 Å². The van der Waals surface area contributed by atoms with E-state index in [1.807, 2.05) is 48.5 Å². The summed E-state index contributed by atoms with van der Waals surface area (Å²) in [6, 6.07) is 17.0. The van der Waals surface area contributed by atoms with Crippen LogP contribution in [0.3, 0.4) is 0 Å². The Morgan fingerprint density at radius 2 is 1.79 bits per heavy atom. The molecule has 0 fully saturated rings. The van der Waals surface area contributed by atoms with Gasteiger partial charge in [0, 0.05) is 10.9 Å². The van der Waals surface area contributed by atoms with Crippen LogP contribution in [0.25, 0.3) is 5.57 Å². The van der Waals surface area contributed by atoms with E-state index >= 15 is 0 Å². The first kappa shape index (κ1) is 12.0. The fourth-order valence-electron chi connectivity index (χ4n) is 2.42. The molecule has 1 unspecified atom stereocenters. The first-order chi connectivity index (χ1) is 9.18. The van der Waals surface area contributed by atoms with Crippen LogP contribution in [0.4, 0.5) is 0 Å². The fourth-order valence-corrected chi connectivity index (χ4v) is 2.62. The van der Waals surface area contributed by atoms with Crippen LogP contribution in [0.5, 0.6) is 0 Å². The SMILES string of the molecule is O=C(O)C1=C(c2ccccc2)C1c1cccc(Cl)c1. The van der Waals surface area contributed by atoms with Crippen LogP contribution in [-0.4, -0.2) is 11.1 Å². The molecular weight excluding hydrogens is 260 g/mol. The topological polar surface area (TPSA) is 37.3 Å². The molecule has 1 N–H and O–H groups in total. The second-order valence-electron chi connectivity index (χ2n) is 4.49. The van der Waals surface area contributed by atoms with E-state index in [-0.39, 0.29) is 5.92 Å². The average molecular weight is 271 g/mol. The van der Waals surface area contributed by atoms with E-state index < -0.39 is 5.97 Å². The summed E-state index contributed by atoms with van der Waals surface area (Å²) in [5.74, 6) is -0.998. The normalized spacial score (nSPS) is 17.4. The van der Waals surface area contributed by atoms with Gasteiger partial charge in [-0.15, -0.1) is 0 Å². The maximum Gasteiger partial charge on any atom is 0.332 e. The fraction of sp³-hybridized carbons (Fsp3) is 0.0625. The van der Waals surface area contributed by atoms with E-state index in [4.69, 9.17) is 11.6 Å². The number of carboxylic acids is 1. The van der Waals surface area contributed by atoms with Crippen LogP contribution < -0.4 is 0 Å². The molecule has 3 heteroatoms. The van der Waals surface area contributed by atoms with Gasteiger partial charge in [0.2, 0.25) is 0 Å². The van der Waals surface area contributed by atoms with Crippen molar-refractivity contribution in [1.82, 2.24) is 0 Å². The molecule has 3 rings (SSSR count). The van der Waals surface area contributed by atoms with Crippen molar-refractivity contribution in [2.45, 2.75) is 5.92 Å². The summed E-state index contributed by atoms with van der Waals surface area (Å²) in [5.41, 5.74) is 3.25. The standard InChI is InChI=1S/C16H11ClO2/c17-12-8-4-7-11(9-12)14-13(15(14)16(18)19)10-5-2-1-3-6-10/h1-9,14H,(H,18,19). The third-order valence-corrected chi connectivity index (χ3v) is 3.52. The van der Waals surface area contributed by atoms with Gasteiger partial charge in [-0.25, -0.2) is 4.79 Å². The molecule has 0 spiro atoms. The highest BCUT2D eigenvalue weighted by Crippen LogP contribution is 2.54. The van der Waals surface area contributed by atoms with Crippen LogP contribution in [0, 0.1) is 0 Å². The molecule has 0 aromatic heterocycles. The molecule has 1 atom stereocenters. The lowest BCUT2D eigenvalue weighted by Crippen LogP contribution is -1.94. The zero-order chi connectivity index (χ0) is 13.4. The number of allylic oxidation sites excluding steroid dienone is 1. The summed E-state index contributed by atoms with van der Waals surface area (Å²) in [7, 11) is 0. The summed E-state index contributed by atoms with van der Waals surface area (Å²) >= 11 is 5.97. The molecule has 19 heavy (non-hydrogen) atoms. The van der Waals surface area contributed by atoms with Crippen molar-refractivity contribution in [3.8, 4) is 0 Å². The lowest BCUT2D eigenvalue weighted by atomic mass is 10.0. The summed E-state index contributed by atoms with van der Waals surface area (Å²) < 4.78 is 0. The Kier molecular flexibility index (Phi) is 2.88. The second-order valence-corrected chi connectivity index (χ2v) is 4.92. The van der Waals surface area contributed by atoms with Gasteiger partial charge in [-0.2, -0.15) is 0 Å². The van der Waals surface area contributed by atoms with Crippen molar-refractivity contribution in [1.29, 1.82) is 0 Å². The van der Waals surface area contributed by atoms with Gasteiger partial charge < -0.3 is 5.11 Å². The number of rotatable bonds is 3. The highest BCUT2D eigenvalue weighted by atomic mass is 35.5. The van der Waals surface area contributed by atoms with Gasteiger partial charge >= 0.3 is 5.97 Å². The molecule has 2 aromatic carbocycles. The van der Waals surface area contributed by atoms with Crippen LogP contribution in [0.2, 0.25) is 5.02 Å². The third-order valence-electron chi connectivity index (χ3n) is 3.28. The monoisotopic (exact) mass is 270 g/mol. The molecule has 0 saturated heterocycles. The van der Waals surface area contributed by atoms with Crippen molar-refractivity contribution < 1.29 is 9.90 Å². The Morgan fingerprint density at radius 1 is 1.05 bits per heavy atom. The van der Waals surface area contributed by atoms with E-state index in [1.165, 1.54) is 0 Å². The van der Waals surface area contributed by atoms with Crippen LogP contribution in [-0.2, 0) is 4.79 Å². The molecule has 0 heterocycles. The van der Waals surface area contributed by atoms with Gasteiger partial charge in [0.25, 0.3) is 0 Å². The van der Waals surface area contributed by atoms with Crippen LogP contribution in [0.15, 0.2) is 60.2 Å². The van der Waals surface area contributed by atoms with Crippen LogP contribution in [0.1, 0.15) is 17.0 Å². The highest BCUT2D eigenvalue weighted by Gasteiger charge is 2.43. The number of carboxylic acid groups (broad SMARTS) is 1. The first-order valence-electron chi connectivity index (χ1n) is 5.96. The Bertz CT molecular complexity index is 674. The minimum atomic E-state index is -0.858. The molecule has 1 aliphatic carbocycles. The maximum absolute atomic E-state index is 11.3. The molecule has 0 radical (unpaired) electrons. The number of carbonyl (C=O) groups is 1. The maximum atomic E-state index is 11.3. The zero-order valence-corrected chi connectivity index (χ0v) is 10.8. The average Bonchev–Trinajstić information content (AvgIpc) is 3.15. The van der Waals surface area contributed by atoms with Crippen molar-refractivity contribution in [2.24, 2.45) is 0 Å².